The molecule has 0 radical (unpaired) electrons. The molecule has 0 unspecified atom stereocenters. The van der Waals surface area contributed by atoms with E-state index in [9.17, 15) is 18.5 Å². The van der Waals surface area contributed by atoms with Gasteiger partial charge in [-0.15, -0.1) is 0 Å². The molecule has 2 rings (SSSR count). The Morgan fingerprint density at radius 1 is 1.25 bits per heavy atom. The number of hydrogen-bond acceptors (Lipinski definition) is 6. The Morgan fingerprint density at radius 3 is 2.50 bits per heavy atom. The van der Waals surface area contributed by atoms with Gasteiger partial charge < -0.3 is 0 Å². The number of azide groups is 1. The third-order valence-corrected chi connectivity index (χ3v) is 4.30. The second-order valence-electron chi connectivity index (χ2n) is 4.83. The standard InChI is InChI=1S/C14H12N4O5S/c1-10-2-4-14(5-3-10)24(21,22)23-9-11-6-12(16-17-15)8-13(7-11)18(19)20/h2-8H,9H2,1H3. The van der Waals surface area contributed by atoms with Crippen molar-refractivity contribution in [3.05, 3.63) is 74.1 Å². The average molecular weight is 348 g/mol. The number of hydrogen-bond donors (Lipinski definition) is 0. The summed E-state index contributed by atoms with van der Waals surface area (Å²) in [6, 6.07) is 9.62. The minimum atomic E-state index is -4.01. The van der Waals surface area contributed by atoms with E-state index in [4.69, 9.17) is 9.71 Å². The van der Waals surface area contributed by atoms with E-state index < -0.39 is 21.6 Å². The number of nitro benzene ring substituents is 1. The first kappa shape index (κ1) is 17.4. The fourth-order valence-electron chi connectivity index (χ4n) is 1.87. The molecule has 124 valence electrons. The van der Waals surface area contributed by atoms with Crippen molar-refractivity contribution < 1.29 is 17.5 Å². The van der Waals surface area contributed by atoms with E-state index in [0.29, 0.717) is 0 Å². The number of aryl methyl sites for hydroxylation is 1. The third kappa shape index (κ3) is 4.29. The lowest BCUT2D eigenvalue weighted by Crippen LogP contribution is -2.06. The molecule has 0 aliphatic heterocycles. The van der Waals surface area contributed by atoms with E-state index >= 15 is 0 Å². The van der Waals surface area contributed by atoms with E-state index in [1.54, 1.807) is 12.1 Å². The molecule has 0 amide bonds. The second kappa shape index (κ2) is 7.09. The predicted octanol–water partition coefficient (Wildman–Crippen LogP) is 3.75. The minimum absolute atomic E-state index is 0.00182. The largest absolute Gasteiger partial charge is 0.297 e. The number of nitro groups is 1. The zero-order valence-electron chi connectivity index (χ0n) is 12.5. The Bertz CT molecular complexity index is 898. The molecular formula is C14H12N4O5S. The van der Waals surface area contributed by atoms with Crippen LogP contribution in [0.4, 0.5) is 11.4 Å². The van der Waals surface area contributed by atoms with Gasteiger partial charge in [-0.05, 0) is 36.2 Å². The molecule has 0 aromatic heterocycles. The average Bonchev–Trinajstić information content (AvgIpc) is 2.53. The van der Waals surface area contributed by atoms with E-state index in [2.05, 4.69) is 10.0 Å². The fourth-order valence-corrected chi connectivity index (χ4v) is 2.77. The van der Waals surface area contributed by atoms with E-state index in [1.165, 1.54) is 18.2 Å². The number of non-ortho nitro benzene ring substituents is 1. The molecule has 0 bridgehead atoms. The van der Waals surface area contributed by atoms with Gasteiger partial charge in [-0.25, -0.2) is 0 Å². The van der Waals surface area contributed by atoms with Gasteiger partial charge in [0.2, 0.25) is 0 Å². The van der Waals surface area contributed by atoms with Crippen molar-refractivity contribution in [3.63, 3.8) is 0 Å². The molecule has 0 N–H and O–H groups in total. The number of nitrogens with zero attached hydrogens (tertiary/aromatic N) is 4. The van der Waals surface area contributed by atoms with Crippen molar-refractivity contribution in [2.75, 3.05) is 0 Å². The van der Waals surface area contributed by atoms with Crippen molar-refractivity contribution in [3.8, 4) is 0 Å². The summed E-state index contributed by atoms with van der Waals surface area (Å²) in [5.41, 5.74) is 9.19. The molecule has 0 heterocycles. The molecule has 24 heavy (non-hydrogen) atoms. The third-order valence-electron chi connectivity index (χ3n) is 3.02. The molecule has 0 spiro atoms. The van der Waals surface area contributed by atoms with Crippen LogP contribution in [0.5, 0.6) is 0 Å². The zero-order chi connectivity index (χ0) is 17.7. The van der Waals surface area contributed by atoms with Crippen molar-refractivity contribution in [2.24, 2.45) is 5.11 Å². The summed E-state index contributed by atoms with van der Waals surface area (Å²) in [6.07, 6.45) is 0. The Balaban J connectivity index is 2.26. The molecule has 2 aromatic carbocycles. The van der Waals surface area contributed by atoms with Gasteiger partial charge in [-0.1, -0.05) is 22.8 Å². The smallest absolute Gasteiger partial charge is 0.262 e. The lowest BCUT2D eigenvalue weighted by atomic mass is 10.2. The highest BCUT2D eigenvalue weighted by Gasteiger charge is 2.16. The fraction of sp³-hybridized carbons (Fsp3) is 0.143. The first-order chi connectivity index (χ1) is 11.3. The van der Waals surface area contributed by atoms with Crippen LogP contribution in [-0.2, 0) is 20.9 Å². The van der Waals surface area contributed by atoms with Crippen LogP contribution in [0.1, 0.15) is 11.1 Å². The highest BCUT2D eigenvalue weighted by atomic mass is 32.2. The molecule has 0 saturated carbocycles. The first-order valence-corrected chi connectivity index (χ1v) is 8.02. The van der Waals surface area contributed by atoms with Crippen LogP contribution in [0.3, 0.4) is 0 Å². The molecule has 0 aliphatic rings. The summed E-state index contributed by atoms with van der Waals surface area (Å²) >= 11 is 0. The lowest BCUT2D eigenvalue weighted by Gasteiger charge is -2.07. The topological polar surface area (TPSA) is 135 Å². The molecule has 9 nitrogen and oxygen atoms in total. The number of rotatable bonds is 6. The Hall–Kier alpha value is -2.94. The normalized spacial score (nSPS) is 10.9. The lowest BCUT2D eigenvalue weighted by molar-refractivity contribution is -0.384. The Kier molecular flexibility index (Phi) is 5.14. The van der Waals surface area contributed by atoms with Crippen LogP contribution in [-0.4, -0.2) is 13.3 Å². The maximum absolute atomic E-state index is 12.1. The van der Waals surface area contributed by atoms with Crippen LogP contribution in [0, 0.1) is 17.0 Å². The molecule has 0 saturated heterocycles. The Morgan fingerprint density at radius 2 is 1.92 bits per heavy atom. The van der Waals surface area contributed by atoms with Gasteiger partial charge in [0.25, 0.3) is 15.8 Å². The maximum Gasteiger partial charge on any atom is 0.297 e. The molecule has 10 heteroatoms. The number of benzene rings is 2. The SMILES string of the molecule is Cc1ccc(S(=O)(=O)OCc2cc(N=[N+]=[N-])cc([N+](=O)[O-])c2)cc1. The summed E-state index contributed by atoms with van der Waals surface area (Å²) in [7, 11) is -4.01. The summed E-state index contributed by atoms with van der Waals surface area (Å²) in [5, 5.41) is 14.2. The molecule has 0 fully saturated rings. The van der Waals surface area contributed by atoms with Crippen molar-refractivity contribution in [1.82, 2.24) is 0 Å². The van der Waals surface area contributed by atoms with Crippen molar-refractivity contribution in [2.45, 2.75) is 18.4 Å². The minimum Gasteiger partial charge on any atom is -0.262 e. The van der Waals surface area contributed by atoms with Gasteiger partial charge in [-0.2, -0.15) is 8.42 Å². The monoisotopic (exact) mass is 348 g/mol. The van der Waals surface area contributed by atoms with Crippen molar-refractivity contribution in [1.29, 1.82) is 0 Å². The van der Waals surface area contributed by atoms with Crippen LogP contribution >= 0.6 is 0 Å². The van der Waals surface area contributed by atoms with Gasteiger partial charge in [0, 0.05) is 22.7 Å². The molecule has 0 aliphatic carbocycles. The first-order valence-electron chi connectivity index (χ1n) is 6.61. The predicted molar refractivity (Wildman–Crippen MR) is 85.1 cm³/mol. The summed E-state index contributed by atoms with van der Waals surface area (Å²) in [6.45, 7) is 1.39. The quantitative estimate of drug-likeness (QED) is 0.195. The highest BCUT2D eigenvalue weighted by Crippen LogP contribution is 2.25. The summed E-state index contributed by atoms with van der Waals surface area (Å²) in [5.74, 6) is 0. The highest BCUT2D eigenvalue weighted by molar-refractivity contribution is 7.86. The Labute approximate surface area is 137 Å². The van der Waals surface area contributed by atoms with Crippen LogP contribution in [0.15, 0.2) is 52.5 Å². The summed E-state index contributed by atoms with van der Waals surface area (Å²) in [4.78, 5) is 12.7. The van der Waals surface area contributed by atoms with Gasteiger partial charge in [-0.3, -0.25) is 14.3 Å². The van der Waals surface area contributed by atoms with Crippen LogP contribution in [0.2, 0.25) is 0 Å². The van der Waals surface area contributed by atoms with E-state index in [1.807, 2.05) is 6.92 Å². The van der Waals surface area contributed by atoms with Crippen LogP contribution < -0.4 is 0 Å². The molecular weight excluding hydrogens is 336 g/mol. The second-order valence-corrected chi connectivity index (χ2v) is 6.45. The summed E-state index contributed by atoms with van der Waals surface area (Å²) < 4.78 is 29.1. The van der Waals surface area contributed by atoms with Gasteiger partial charge in [0.15, 0.2) is 0 Å². The van der Waals surface area contributed by atoms with Gasteiger partial charge in [0.1, 0.15) is 0 Å². The van der Waals surface area contributed by atoms with E-state index in [-0.39, 0.29) is 21.8 Å². The van der Waals surface area contributed by atoms with E-state index in [0.717, 1.165) is 17.7 Å². The van der Waals surface area contributed by atoms with Gasteiger partial charge in [0.05, 0.1) is 16.4 Å². The van der Waals surface area contributed by atoms with Gasteiger partial charge >= 0.3 is 0 Å². The zero-order valence-corrected chi connectivity index (χ0v) is 13.3. The molecule has 0 atom stereocenters. The van der Waals surface area contributed by atoms with Crippen molar-refractivity contribution >= 4 is 21.5 Å². The van der Waals surface area contributed by atoms with Crippen LogP contribution in [0.25, 0.3) is 10.4 Å². The maximum atomic E-state index is 12.1. The molecule has 2 aromatic rings.